The van der Waals surface area contributed by atoms with Gasteiger partial charge in [0.1, 0.15) is 11.6 Å². The molecule has 1 unspecified atom stereocenters. The maximum Gasteiger partial charge on any atom is 0.141 e. The molecule has 1 fully saturated rings. The Balaban J connectivity index is 2.33. The SMILES string of the molecule is COc1cc(F)c(Br)c(C2CCCCN2)c1. The fourth-order valence-corrected chi connectivity index (χ4v) is 2.58. The number of halogens is 2. The standard InChI is InChI=1S/C12H15BrFNO/c1-16-8-6-9(12(13)10(14)7-8)11-4-2-3-5-15-11/h6-7,11,15H,2-5H2,1H3. The van der Waals surface area contributed by atoms with E-state index >= 15 is 0 Å². The van der Waals surface area contributed by atoms with Gasteiger partial charge in [-0.1, -0.05) is 6.42 Å². The number of hydrogen-bond donors (Lipinski definition) is 1. The van der Waals surface area contributed by atoms with Crippen LogP contribution in [0, 0.1) is 5.82 Å². The first-order valence-corrected chi connectivity index (χ1v) is 6.28. The summed E-state index contributed by atoms with van der Waals surface area (Å²) < 4.78 is 19.3. The number of benzene rings is 1. The second kappa shape index (κ2) is 5.15. The van der Waals surface area contributed by atoms with Crippen molar-refractivity contribution in [2.24, 2.45) is 0 Å². The second-order valence-corrected chi connectivity index (χ2v) is 4.81. The van der Waals surface area contributed by atoms with Crippen molar-refractivity contribution in [1.82, 2.24) is 5.32 Å². The third-order valence-corrected chi connectivity index (χ3v) is 3.79. The predicted molar refractivity (Wildman–Crippen MR) is 65.2 cm³/mol. The van der Waals surface area contributed by atoms with Gasteiger partial charge in [0.2, 0.25) is 0 Å². The number of piperidine rings is 1. The molecule has 2 rings (SSSR count). The third kappa shape index (κ3) is 2.38. The Morgan fingerprint density at radius 3 is 2.88 bits per heavy atom. The summed E-state index contributed by atoms with van der Waals surface area (Å²) in [6.07, 6.45) is 3.43. The molecule has 2 nitrogen and oxygen atoms in total. The fraction of sp³-hybridized carbons (Fsp3) is 0.500. The molecule has 1 atom stereocenters. The van der Waals surface area contributed by atoms with E-state index in [9.17, 15) is 4.39 Å². The Morgan fingerprint density at radius 2 is 2.25 bits per heavy atom. The average Bonchev–Trinajstić information content (AvgIpc) is 2.33. The molecule has 0 bridgehead atoms. The average molecular weight is 288 g/mol. The van der Waals surface area contributed by atoms with Gasteiger partial charge in [-0.05, 0) is 46.9 Å². The molecule has 1 aliphatic rings. The molecule has 4 heteroatoms. The molecule has 0 aliphatic carbocycles. The van der Waals surface area contributed by atoms with Crippen LogP contribution in [0.2, 0.25) is 0 Å². The molecule has 1 N–H and O–H groups in total. The lowest BCUT2D eigenvalue weighted by Crippen LogP contribution is -2.27. The lowest BCUT2D eigenvalue weighted by molar-refractivity contribution is 0.394. The van der Waals surface area contributed by atoms with Gasteiger partial charge in [0, 0.05) is 12.1 Å². The van der Waals surface area contributed by atoms with Crippen molar-refractivity contribution in [3.63, 3.8) is 0 Å². The number of methoxy groups -OCH3 is 1. The van der Waals surface area contributed by atoms with E-state index in [0.717, 1.165) is 18.5 Å². The van der Waals surface area contributed by atoms with E-state index in [0.29, 0.717) is 10.2 Å². The number of nitrogens with one attached hydrogen (secondary N) is 1. The molecular formula is C12H15BrFNO. The smallest absolute Gasteiger partial charge is 0.141 e. The van der Waals surface area contributed by atoms with Crippen molar-refractivity contribution in [1.29, 1.82) is 0 Å². The quantitative estimate of drug-likeness (QED) is 0.900. The molecular weight excluding hydrogens is 273 g/mol. The van der Waals surface area contributed by atoms with Crippen LogP contribution in [-0.2, 0) is 0 Å². The van der Waals surface area contributed by atoms with E-state index in [1.165, 1.54) is 18.9 Å². The zero-order chi connectivity index (χ0) is 11.5. The molecule has 88 valence electrons. The van der Waals surface area contributed by atoms with Gasteiger partial charge in [-0.3, -0.25) is 0 Å². The van der Waals surface area contributed by atoms with Gasteiger partial charge >= 0.3 is 0 Å². The van der Waals surface area contributed by atoms with Crippen molar-refractivity contribution >= 4 is 15.9 Å². The van der Waals surface area contributed by atoms with Crippen LogP contribution in [0.5, 0.6) is 5.75 Å². The second-order valence-electron chi connectivity index (χ2n) is 4.01. The van der Waals surface area contributed by atoms with Crippen LogP contribution >= 0.6 is 15.9 Å². The first kappa shape index (κ1) is 11.9. The van der Waals surface area contributed by atoms with Gasteiger partial charge in [-0.15, -0.1) is 0 Å². The Kier molecular flexibility index (Phi) is 3.82. The summed E-state index contributed by atoms with van der Waals surface area (Å²) in [4.78, 5) is 0. The molecule has 0 aromatic heterocycles. The molecule has 1 saturated heterocycles. The summed E-state index contributed by atoms with van der Waals surface area (Å²) in [5.41, 5.74) is 0.955. The molecule has 1 aromatic carbocycles. The summed E-state index contributed by atoms with van der Waals surface area (Å²) in [6, 6.07) is 3.53. The van der Waals surface area contributed by atoms with Crippen LogP contribution in [0.25, 0.3) is 0 Å². The highest BCUT2D eigenvalue weighted by Gasteiger charge is 2.20. The third-order valence-electron chi connectivity index (χ3n) is 2.95. The monoisotopic (exact) mass is 287 g/mol. The van der Waals surface area contributed by atoms with E-state index in [1.807, 2.05) is 6.07 Å². The molecule has 1 aliphatic heterocycles. The molecule has 0 saturated carbocycles. The van der Waals surface area contributed by atoms with Crippen molar-refractivity contribution < 1.29 is 9.13 Å². The highest BCUT2D eigenvalue weighted by atomic mass is 79.9. The van der Waals surface area contributed by atoms with Crippen LogP contribution in [0.1, 0.15) is 30.9 Å². The molecule has 0 spiro atoms. The van der Waals surface area contributed by atoms with Gasteiger partial charge in [0.05, 0.1) is 11.6 Å². The van der Waals surface area contributed by atoms with Gasteiger partial charge in [-0.25, -0.2) is 4.39 Å². The van der Waals surface area contributed by atoms with E-state index < -0.39 is 0 Å². The highest BCUT2D eigenvalue weighted by Crippen LogP contribution is 2.34. The fourth-order valence-electron chi connectivity index (χ4n) is 2.07. The number of ether oxygens (including phenoxy) is 1. The zero-order valence-corrected chi connectivity index (χ0v) is 10.8. The maximum atomic E-state index is 13.6. The zero-order valence-electron chi connectivity index (χ0n) is 9.22. The molecule has 0 radical (unpaired) electrons. The molecule has 0 amide bonds. The maximum absolute atomic E-state index is 13.6. The Bertz CT molecular complexity index is 378. The van der Waals surface area contributed by atoms with E-state index in [-0.39, 0.29) is 11.9 Å². The van der Waals surface area contributed by atoms with Crippen molar-refractivity contribution in [2.45, 2.75) is 25.3 Å². The van der Waals surface area contributed by atoms with Gasteiger partial charge in [0.25, 0.3) is 0 Å². The number of hydrogen-bond acceptors (Lipinski definition) is 2. The summed E-state index contributed by atoms with van der Waals surface area (Å²) in [5, 5.41) is 3.40. The topological polar surface area (TPSA) is 21.3 Å². The lowest BCUT2D eigenvalue weighted by Gasteiger charge is -2.25. The van der Waals surface area contributed by atoms with Gasteiger partial charge in [0.15, 0.2) is 0 Å². The minimum absolute atomic E-state index is 0.229. The van der Waals surface area contributed by atoms with Crippen molar-refractivity contribution in [3.8, 4) is 5.75 Å². The molecule has 1 aromatic rings. The predicted octanol–water partition coefficient (Wildman–Crippen LogP) is 3.41. The van der Waals surface area contributed by atoms with E-state index in [2.05, 4.69) is 21.2 Å². The Morgan fingerprint density at radius 1 is 1.44 bits per heavy atom. The van der Waals surface area contributed by atoms with E-state index in [4.69, 9.17) is 4.74 Å². The van der Waals surface area contributed by atoms with Gasteiger partial charge in [-0.2, -0.15) is 0 Å². The van der Waals surface area contributed by atoms with E-state index in [1.54, 1.807) is 7.11 Å². The van der Waals surface area contributed by atoms with Gasteiger partial charge < -0.3 is 10.1 Å². The summed E-state index contributed by atoms with van der Waals surface area (Å²) >= 11 is 3.31. The van der Waals surface area contributed by atoms with Crippen LogP contribution < -0.4 is 10.1 Å². The van der Waals surface area contributed by atoms with Crippen molar-refractivity contribution in [2.75, 3.05) is 13.7 Å². The largest absolute Gasteiger partial charge is 0.497 e. The first-order valence-electron chi connectivity index (χ1n) is 5.48. The van der Waals surface area contributed by atoms with Crippen LogP contribution in [0.15, 0.2) is 16.6 Å². The summed E-state index contributed by atoms with van der Waals surface area (Å²) in [6.45, 7) is 0.996. The normalized spacial score (nSPS) is 20.8. The summed E-state index contributed by atoms with van der Waals surface area (Å²) in [7, 11) is 1.56. The Hall–Kier alpha value is -0.610. The lowest BCUT2D eigenvalue weighted by atomic mass is 9.97. The van der Waals surface area contributed by atoms with Crippen LogP contribution in [-0.4, -0.2) is 13.7 Å². The number of rotatable bonds is 2. The molecule has 16 heavy (non-hydrogen) atoms. The first-order chi connectivity index (χ1) is 7.72. The van der Waals surface area contributed by atoms with Crippen LogP contribution in [0.3, 0.4) is 0 Å². The Labute approximate surface area is 103 Å². The minimum Gasteiger partial charge on any atom is -0.497 e. The highest BCUT2D eigenvalue weighted by molar-refractivity contribution is 9.10. The minimum atomic E-state index is -0.262. The van der Waals surface area contributed by atoms with Crippen LogP contribution in [0.4, 0.5) is 4.39 Å². The van der Waals surface area contributed by atoms with Crippen molar-refractivity contribution in [3.05, 3.63) is 28.0 Å². The summed E-state index contributed by atoms with van der Waals surface area (Å²) in [5.74, 6) is 0.310. The molecule has 1 heterocycles.